The molecular weight excluding hydrogens is 206 g/mol. The quantitative estimate of drug-likeness (QED) is 0.845. The molecule has 5 heteroatoms. The standard InChI is InChI=1S/C11H13N3O2/c1-8-9(6-12-13(8)2)7-14-5-3-4-10(14)11(15)16/h3-6H,7H2,1-2H3,(H,15,16). The summed E-state index contributed by atoms with van der Waals surface area (Å²) in [5, 5.41) is 13.1. The van der Waals surface area contributed by atoms with Crippen molar-refractivity contribution < 1.29 is 9.90 Å². The Kier molecular flexibility index (Phi) is 2.52. The maximum atomic E-state index is 10.9. The van der Waals surface area contributed by atoms with E-state index in [9.17, 15) is 4.79 Å². The van der Waals surface area contributed by atoms with Crippen molar-refractivity contribution in [3.05, 3.63) is 41.5 Å². The van der Waals surface area contributed by atoms with Gasteiger partial charge in [0.15, 0.2) is 0 Å². The molecule has 16 heavy (non-hydrogen) atoms. The molecule has 0 saturated heterocycles. The van der Waals surface area contributed by atoms with E-state index in [0.29, 0.717) is 12.2 Å². The molecule has 0 amide bonds. The van der Waals surface area contributed by atoms with Gasteiger partial charge in [0.25, 0.3) is 0 Å². The van der Waals surface area contributed by atoms with Crippen LogP contribution in [-0.2, 0) is 13.6 Å². The summed E-state index contributed by atoms with van der Waals surface area (Å²) < 4.78 is 3.48. The van der Waals surface area contributed by atoms with Crippen LogP contribution in [-0.4, -0.2) is 25.4 Å². The van der Waals surface area contributed by atoms with E-state index in [1.165, 1.54) is 0 Å². The minimum atomic E-state index is -0.911. The average Bonchev–Trinajstić information content (AvgIpc) is 2.80. The SMILES string of the molecule is Cc1c(Cn2cccc2C(=O)O)cnn1C. The van der Waals surface area contributed by atoms with Crippen molar-refractivity contribution in [1.29, 1.82) is 0 Å². The number of aryl methyl sites for hydroxylation is 1. The maximum absolute atomic E-state index is 10.9. The van der Waals surface area contributed by atoms with Crippen LogP contribution in [0, 0.1) is 6.92 Å². The van der Waals surface area contributed by atoms with E-state index in [1.54, 1.807) is 33.8 Å². The summed E-state index contributed by atoms with van der Waals surface area (Å²) >= 11 is 0. The number of hydrogen-bond acceptors (Lipinski definition) is 2. The minimum absolute atomic E-state index is 0.295. The van der Waals surface area contributed by atoms with Crippen molar-refractivity contribution in [3.63, 3.8) is 0 Å². The van der Waals surface area contributed by atoms with Gasteiger partial charge in [-0.2, -0.15) is 5.10 Å². The summed E-state index contributed by atoms with van der Waals surface area (Å²) in [4.78, 5) is 10.9. The van der Waals surface area contributed by atoms with Gasteiger partial charge in [0.2, 0.25) is 0 Å². The molecule has 0 bridgehead atoms. The molecule has 0 saturated carbocycles. The van der Waals surface area contributed by atoms with Crippen LogP contribution in [0.5, 0.6) is 0 Å². The number of carboxylic acid groups (broad SMARTS) is 1. The number of carboxylic acids is 1. The van der Waals surface area contributed by atoms with Crippen molar-refractivity contribution in [2.24, 2.45) is 7.05 Å². The minimum Gasteiger partial charge on any atom is -0.477 e. The van der Waals surface area contributed by atoms with Gasteiger partial charge < -0.3 is 9.67 Å². The van der Waals surface area contributed by atoms with Gasteiger partial charge in [0.05, 0.1) is 12.7 Å². The fourth-order valence-electron chi connectivity index (χ4n) is 1.63. The number of aromatic carboxylic acids is 1. The zero-order valence-corrected chi connectivity index (χ0v) is 9.21. The molecule has 0 aliphatic heterocycles. The molecule has 5 nitrogen and oxygen atoms in total. The van der Waals surface area contributed by atoms with E-state index < -0.39 is 5.97 Å². The summed E-state index contributed by atoms with van der Waals surface area (Å²) in [6, 6.07) is 3.32. The van der Waals surface area contributed by atoms with E-state index in [0.717, 1.165) is 11.3 Å². The third-order valence-corrected chi connectivity index (χ3v) is 2.73. The van der Waals surface area contributed by atoms with Gasteiger partial charge in [0, 0.05) is 24.5 Å². The van der Waals surface area contributed by atoms with Gasteiger partial charge in [-0.1, -0.05) is 0 Å². The Morgan fingerprint density at radius 2 is 2.31 bits per heavy atom. The van der Waals surface area contributed by atoms with Gasteiger partial charge in [-0.05, 0) is 19.1 Å². The highest BCUT2D eigenvalue weighted by atomic mass is 16.4. The fraction of sp³-hybridized carbons (Fsp3) is 0.273. The van der Waals surface area contributed by atoms with Crippen molar-refractivity contribution in [1.82, 2.24) is 14.3 Å². The van der Waals surface area contributed by atoms with E-state index >= 15 is 0 Å². The highest BCUT2D eigenvalue weighted by molar-refractivity contribution is 5.85. The lowest BCUT2D eigenvalue weighted by molar-refractivity contribution is 0.0685. The zero-order chi connectivity index (χ0) is 11.7. The third-order valence-electron chi connectivity index (χ3n) is 2.73. The Balaban J connectivity index is 2.30. The van der Waals surface area contributed by atoms with Crippen LogP contribution in [0.25, 0.3) is 0 Å². The average molecular weight is 219 g/mol. The highest BCUT2D eigenvalue weighted by Gasteiger charge is 2.11. The van der Waals surface area contributed by atoms with Crippen LogP contribution >= 0.6 is 0 Å². The topological polar surface area (TPSA) is 60.1 Å². The predicted molar refractivity (Wildman–Crippen MR) is 58.4 cm³/mol. The molecule has 0 spiro atoms. The summed E-state index contributed by atoms with van der Waals surface area (Å²) in [5.74, 6) is -0.911. The molecular formula is C11H13N3O2. The molecule has 2 rings (SSSR count). The molecule has 0 aliphatic carbocycles. The number of rotatable bonds is 3. The van der Waals surface area contributed by atoms with E-state index in [-0.39, 0.29) is 0 Å². The van der Waals surface area contributed by atoms with Crippen LogP contribution in [0.1, 0.15) is 21.7 Å². The molecule has 0 atom stereocenters. The molecule has 0 aliphatic rings. The highest BCUT2D eigenvalue weighted by Crippen LogP contribution is 2.11. The normalized spacial score (nSPS) is 10.6. The molecule has 0 aromatic carbocycles. The molecule has 84 valence electrons. The maximum Gasteiger partial charge on any atom is 0.352 e. The Labute approximate surface area is 92.9 Å². The van der Waals surface area contributed by atoms with Crippen LogP contribution in [0.2, 0.25) is 0 Å². The molecule has 1 N–H and O–H groups in total. The Morgan fingerprint density at radius 3 is 2.88 bits per heavy atom. The third kappa shape index (κ3) is 1.71. The number of hydrogen-bond donors (Lipinski definition) is 1. The number of aromatic nitrogens is 3. The largest absolute Gasteiger partial charge is 0.477 e. The van der Waals surface area contributed by atoms with Gasteiger partial charge in [-0.25, -0.2) is 4.79 Å². The van der Waals surface area contributed by atoms with Gasteiger partial charge >= 0.3 is 5.97 Å². The summed E-state index contributed by atoms with van der Waals surface area (Å²) in [7, 11) is 1.87. The number of carbonyl (C=O) groups is 1. The zero-order valence-electron chi connectivity index (χ0n) is 9.21. The van der Waals surface area contributed by atoms with Gasteiger partial charge in [-0.15, -0.1) is 0 Å². The van der Waals surface area contributed by atoms with Crippen molar-refractivity contribution in [2.75, 3.05) is 0 Å². The Hall–Kier alpha value is -2.04. The smallest absolute Gasteiger partial charge is 0.352 e. The van der Waals surface area contributed by atoms with Crippen LogP contribution in [0.15, 0.2) is 24.5 Å². The van der Waals surface area contributed by atoms with E-state index in [1.807, 2.05) is 14.0 Å². The van der Waals surface area contributed by atoms with Crippen LogP contribution in [0.3, 0.4) is 0 Å². The first-order valence-corrected chi connectivity index (χ1v) is 4.95. The lowest BCUT2D eigenvalue weighted by Crippen LogP contribution is -2.09. The Morgan fingerprint density at radius 1 is 1.56 bits per heavy atom. The first-order valence-electron chi connectivity index (χ1n) is 4.95. The molecule has 0 fully saturated rings. The first-order chi connectivity index (χ1) is 7.59. The van der Waals surface area contributed by atoms with Crippen molar-refractivity contribution in [3.8, 4) is 0 Å². The Bertz CT molecular complexity index is 525. The predicted octanol–water partition coefficient (Wildman–Crippen LogP) is 1.28. The molecule has 2 aromatic heterocycles. The lowest BCUT2D eigenvalue weighted by atomic mass is 10.2. The van der Waals surface area contributed by atoms with E-state index in [2.05, 4.69) is 5.10 Å². The first kappa shape index (κ1) is 10.5. The summed E-state index contributed by atoms with van der Waals surface area (Å²) in [5.41, 5.74) is 2.37. The van der Waals surface area contributed by atoms with Crippen LogP contribution in [0.4, 0.5) is 0 Å². The fourth-order valence-corrected chi connectivity index (χ4v) is 1.63. The summed E-state index contributed by atoms with van der Waals surface area (Å²) in [6.45, 7) is 2.50. The second-order valence-electron chi connectivity index (χ2n) is 3.71. The molecule has 0 radical (unpaired) electrons. The van der Waals surface area contributed by atoms with Crippen LogP contribution < -0.4 is 0 Å². The lowest BCUT2D eigenvalue weighted by Gasteiger charge is -2.05. The van der Waals surface area contributed by atoms with E-state index in [4.69, 9.17) is 5.11 Å². The van der Waals surface area contributed by atoms with Gasteiger partial charge in [-0.3, -0.25) is 4.68 Å². The van der Waals surface area contributed by atoms with Gasteiger partial charge in [0.1, 0.15) is 5.69 Å². The number of nitrogens with zero attached hydrogens (tertiary/aromatic N) is 3. The van der Waals surface area contributed by atoms with Crippen molar-refractivity contribution in [2.45, 2.75) is 13.5 Å². The molecule has 0 unspecified atom stereocenters. The second kappa shape index (κ2) is 3.84. The second-order valence-corrected chi connectivity index (χ2v) is 3.71. The molecule has 2 heterocycles. The molecule has 2 aromatic rings. The summed E-state index contributed by atoms with van der Waals surface area (Å²) in [6.07, 6.45) is 3.52. The monoisotopic (exact) mass is 219 g/mol. The van der Waals surface area contributed by atoms with Crippen molar-refractivity contribution >= 4 is 5.97 Å².